The topological polar surface area (TPSA) is 73.9 Å². The fourth-order valence-electron chi connectivity index (χ4n) is 3.80. The van der Waals surface area contributed by atoms with Gasteiger partial charge >= 0.3 is 6.09 Å². The molecule has 0 spiro atoms. The Hall–Kier alpha value is -3.03. The number of pyridine rings is 1. The number of carbonyl (C=O) groups excluding carboxylic acids is 1. The summed E-state index contributed by atoms with van der Waals surface area (Å²) in [6.07, 6.45) is 8.25. The van der Waals surface area contributed by atoms with Crippen LogP contribution in [0.5, 0.6) is 5.75 Å². The highest BCUT2D eigenvalue weighted by molar-refractivity contribution is 5.74. The van der Waals surface area contributed by atoms with Gasteiger partial charge in [-0.1, -0.05) is 0 Å². The number of nitrogens with zero attached hydrogens (tertiary/aromatic N) is 5. The van der Waals surface area contributed by atoms with Gasteiger partial charge in [-0.25, -0.2) is 9.31 Å². The third-order valence-electron chi connectivity index (χ3n) is 5.14. The largest absolute Gasteiger partial charge is 0.494 e. The summed E-state index contributed by atoms with van der Waals surface area (Å²) in [5.41, 5.74) is 3.52. The predicted molar refractivity (Wildman–Crippen MR) is 109 cm³/mol. The first kappa shape index (κ1) is 19.3. The van der Waals surface area contributed by atoms with Crippen LogP contribution in [-0.4, -0.2) is 56.2 Å². The van der Waals surface area contributed by atoms with Crippen LogP contribution in [0, 0.1) is 0 Å². The molecule has 0 bridgehead atoms. The smallest absolute Gasteiger partial charge is 0.410 e. The number of carbonyl (C=O) groups is 1. The number of hydrogen-bond donors (Lipinski definition) is 0. The minimum atomic E-state index is -0.495. The molecule has 8 heteroatoms. The number of aromatic nitrogens is 4. The molecule has 1 amide bonds. The quantitative estimate of drug-likeness (QED) is 0.677. The summed E-state index contributed by atoms with van der Waals surface area (Å²) in [5.74, 6) is 0.952. The first-order chi connectivity index (χ1) is 13.7. The molecule has 8 nitrogen and oxygen atoms in total. The maximum absolute atomic E-state index is 12.4. The first-order valence-electron chi connectivity index (χ1n) is 9.77. The van der Waals surface area contributed by atoms with Crippen molar-refractivity contribution in [2.24, 2.45) is 7.05 Å². The lowest BCUT2D eigenvalue weighted by atomic mass is 9.99. The van der Waals surface area contributed by atoms with Crippen molar-refractivity contribution in [1.29, 1.82) is 0 Å². The van der Waals surface area contributed by atoms with E-state index in [2.05, 4.69) is 10.2 Å². The van der Waals surface area contributed by atoms with Crippen LogP contribution >= 0.6 is 0 Å². The van der Waals surface area contributed by atoms with E-state index in [1.54, 1.807) is 16.7 Å². The highest BCUT2D eigenvalue weighted by Crippen LogP contribution is 2.36. The molecule has 0 N–H and O–H groups in total. The van der Waals surface area contributed by atoms with Crippen molar-refractivity contribution >= 4 is 11.6 Å². The molecule has 1 aliphatic heterocycles. The lowest BCUT2D eigenvalue weighted by Crippen LogP contribution is -2.35. The van der Waals surface area contributed by atoms with Crippen LogP contribution in [0.1, 0.15) is 38.7 Å². The average molecular weight is 397 g/mol. The Morgan fingerprint density at radius 1 is 1.17 bits per heavy atom. The van der Waals surface area contributed by atoms with E-state index in [9.17, 15) is 4.79 Å². The highest BCUT2D eigenvalue weighted by atomic mass is 16.6. The van der Waals surface area contributed by atoms with Crippen LogP contribution in [0.2, 0.25) is 0 Å². The number of rotatable bonds is 3. The van der Waals surface area contributed by atoms with Gasteiger partial charge in [0.05, 0.1) is 19.5 Å². The Kier molecular flexibility index (Phi) is 4.72. The summed E-state index contributed by atoms with van der Waals surface area (Å²) >= 11 is 0. The molecule has 1 fully saturated rings. The molecular weight excluding hydrogens is 370 g/mol. The highest BCUT2D eigenvalue weighted by Gasteiger charge is 2.32. The van der Waals surface area contributed by atoms with Crippen molar-refractivity contribution in [2.75, 3.05) is 20.2 Å². The SMILES string of the molecule is COc1cc(-c2cnn(C)c2)cn2ncc(C3CCN(C(=O)OC(C)(C)C)C3)c12. The second kappa shape index (κ2) is 7.09. The van der Waals surface area contributed by atoms with Gasteiger partial charge in [0, 0.05) is 55.1 Å². The number of likely N-dealkylation sites (tertiary alicyclic amines) is 1. The fourth-order valence-corrected chi connectivity index (χ4v) is 3.80. The normalized spacial score (nSPS) is 17.1. The molecule has 4 rings (SSSR count). The molecule has 1 unspecified atom stereocenters. The molecular formula is C21H27N5O3. The minimum absolute atomic E-state index is 0.193. The lowest BCUT2D eigenvalue weighted by molar-refractivity contribution is 0.0292. The molecule has 0 saturated carbocycles. The Morgan fingerprint density at radius 2 is 1.97 bits per heavy atom. The fraction of sp³-hybridized carbons (Fsp3) is 0.476. The molecule has 154 valence electrons. The maximum atomic E-state index is 12.4. The van der Waals surface area contributed by atoms with Crippen LogP contribution in [0.4, 0.5) is 4.79 Å². The van der Waals surface area contributed by atoms with Gasteiger partial charge in [0.2, 0.25) is 0 Å². The number of amides is 1. The molecule has 1 saturated heterocycles. The molecule has 3 aromatic heterocycles. The third kappa shape index (κ3) is 3.79. The second-order valence-electron chi connectivity index (χ2n) is 8.50. The first-order valence-corrected chi connectivity index (χ1v) is 9.77. The Balaban J connectivity index is 1.63. The van der Waals surface area contributed by atoms with Gasteiger partial charge < -0.3 is 14.4 Å². The summed E-state index contributed by atoms with van der Waals surface area (Å²) < 4.78 is 14.8. The van der Waals surface area contributed by atoms with Crippen LogP contribution in [0.3, 0.4) is 0 Å². The van der Waals surface area contributed by atoms with Gasteiger partial charge in [0.15, 0.2) is 0 Å². The molecule has 0 aromatic carbocycles. The van der Waals surface area contributed by atoms with Crippen LogP contribution in [0.25, 0.3) is 16.6 Å². The summed E-state index contributed by atoms with van der Waals surface area (Å²) in [7, 11) is 3.56. The molecule has 29 heavy (non-hydrogen) atoms. The van der Waals surface area contributed by atoms with Gasteiger partial charge in [-0.15, -0.1) is 0 Å². The minimum Gasteiger partial charge on any atom is -0.494 e. The molecule has 4 heterocycles. The van der Waals surface area contributed by atoms with Gasteiger partial charge in [0.1, 0.15) is 16.9 Å². The summed E-state index contributed by atoms with van der Waals surface area (Å²) in [4.78, 5) is 14.2. The molecule has 1 aliphatic rings. The van der Waals surface area contributed by atoms with Crippen LogP contribution < -0.4 is 4.74 Å². The molecule has 1 atom stereocenters. The van der Waals surface area contributed by atoms with Gasteiger partial charge in [-0.2, -0.15) is 10.2 Å². The van der Waals surface area contributed by atoms with Crippen molar-refractivity contribution in [3.8, 4) is 16.9 Å². The molecule has 3 aromatic rings. The van der Waals surface area contributed by atoms with Crippen molar-refractivity contribution < 1.29 is 14.3 Å². The number of aryl methyl sites for hydroxylation is 1. The Labute approximate surface area is 170 Å². The van der Waals surface area contributed by atoms with Gasteiger partial charge in [-0.3, -0.25) is 4.68 Å². The maximum Gasteiger partial charge on any atom is 0.410 e. The Morgan fingerprint density at radius 3 is 2.62 bits per heavy atom. The van der Waals surface area contributed by atoms with E-state index in [0.29, 0.717) is 13.1 Å². The lowest BCUT2D eigenvalue weighted by Gasteiger charge is -2.24. The van der Waals surface area contributed by atoms with Crippen molar-refractivity contribution in [2.45, 2.75) is 38.7 Å². The zero-order chi connectivity index (χ0) is 20.8. The van der Waals surface area contributed by atoms with E-state index in [4.69, 9.17) is 9.47 Å². The van der Waals surface area contributed by atoms with Crippen LogP contribution in [-0.2, 0) is 11.8 Å². The van der Waals surface area contributed by atoms with Crippen molar-refractivity contribution in [3.63, 3.8) is 0 Å². The molecule has 0 aliphatic carbocycles. The average Bonchev–Trinajstić information content (AvgIpc) is 3.37. The summed E-state index contributed by atoms with van der Waals surface area (Å²) in [5, 5.41) is 8.81. The van der Waals surface area contributed by atoms with Crippen LogP contribution in [0.15, 0.2) is 30.9 Å². The van der Waals surface area contributed by atoms with E-state index in [-0.39, 0.29) is 12.0 Å². The Bertz CT molecular complexity index is 1050. The number of hydrogen-bond acceptors (Lipinski definition) is 5. The monoisotopic (exact) mass is 397 g/mol. The third-order valence-corrected chi connectivity index (χ3v) is 5.14. The standard InChI is InChI=1S/C21H27N5O3/c1-21(2,3)29-20(27)25-7-6-14(12-25)17-10-23-26-13-15(8-18(28-5)19(17)26)16-9-22-24(4)11-16/h8-11,13-14H,6-7,12H2,1-5H3. The van der Waals surface area contributed by atoms with E-state index in [0.717, 1.165) is 34.4 Å². The van der Waals surface area contributed by atoms with E-state index >= 15 is 0 Å². The van der Waals surface area contributed by atoms with Crippen molar-refractivity contribution in [1.82, 2.24) is 24.3 Å². The van der Waals surface area contributed by atoms with E-state index < -0.39 is 5.60 Å². The van der Waals surface area contributed by atoms with E-state index in [1.165, 1.54) is 0 Å². The zero-order valence-electron chi connectivity index (χ0n) is 17.5. The van der Waals surface area contributed by atoms with Crippen molar-refractivity contribution in [3.05, 3.63) is 36.4 Å². The summed E-state index contributed by atoms with van der Waals surface area (Å²) in [6, 6.07) is 2.01. The van der Waals surface area contributed by atoms with Gasteiger partial charge in [0.25, 0.3) is 0 Å². The second-order valence-corrected chi connectivity index (χ2v) is 8.50. The van der Waals surface area contributed by atoms with E-state index in [1.807, 2.05) is 63.2 Å². The number of methoxy groups -OCH3 is 1. The molecule has 0 radical (unpaired) electrons. The van der Waals surface area contributed by atoms with Gasteiger partial charge in [-0.05, 0) is 33.3 Å². The summed E-state index contributed by atoms with van der Waals surface area (Å²) in [6.45, 7) is 6.94. The number of fused-ring (bicyclic) bond motifs is 1. The number of ether oxygens (including phenoxy) is 2. The predicted octanol–water partition coefficient (Wildman–Crippen LogP) is 3.47. The zero-order valence-corrected chi connectivity index (χ0v) is 17.5.